The quantitative estimate of drug-likeness (QED) is 0.725. The first-order valence-electron chi connectivity index (χ1n) is 5.75. The second-order valence-corrected chi connectivity index (χ2v) is 4.12. The molecule has 5 nitrogen and oxygen atoms in total. The molecule has 4 N–H and O–H groups in total. The van der Waals surface area contributed by atoms with Gasteiger partial charge in [0.05, 0.1) is 0 Å². The lowest BCUT2D eigenvalue weighted by Gasteiger charge is -2.11. The van der Waals surface area contributed by atoms with Crippen LogP contribution >= 0.6 is 0 Å². The Morgan fingerprint density at radius 3 is 2.94 bits per heavy atom. The molecule has 1 heterocycles. The highest BCUT2D eigenvalue weighted by Crippen LogP contribution is 2.20. The molecule has 1 amide bonds. The molecule has 5 heteroatoms. The van der Waals surface area contributed by atoms with E-state index in [1.54, 1.807) is 13.0 Å². The van der Waals surface area contributed by atoms with Gasteiger partial charge in [0.2, 0.25) is 5.91 Å². The highest BCUT2D eigenvalue weighted by Gasteiger charge is 2.11. The van der Waals surface area contributed by atoms with Crippen molar-refractivity contribution >= 4 is 11.7 Å². The second-order valence-electron chi connectivity index (χ2n) is 4.12. The number of carbonyl (C=O) groups excluding carboxylic acids is 1. The number of hydrogen-bond acceptors (Lipinski definition) is 4. The van der Waals surface area contributed by atoms with Gasteiger partial charge in [0.25, 0.3) is 0 Å². The molecule has 1 rings (SSSR count). The van der Waals surface area contributed by atoms with Gasteiger partial charge in [0.1, 0.15) is 0 Å². The molecule has 0 fully saturated rings. The zero-order valence-corrected chi connectivity index (χ0v) is 10.2. The number of rotatable bonds is 5. The first-order valence-corrected chi connectivity index (χ1v) is 5.75. The molecular weight excluding hydrogens is 218 g/mol. The van der Waals surface area contributed by atoms with Crippen LogP contribution in [0.5, 0.6) is 5.75 Å². The van der Waals surface area contributed by atoms with E-state index in [4.69, 9.17) is 5.73 Å². The maximum atomic E-state index is 11.6. The Morgan fingerprint density at radius 2 is 2.29 bits per heavy atom. The van der Waals surface area contributed by atoms with Gasteiger partial charge in [-0.15, -0.1) is 0 Å². The second kappa shape index (κ2) is 6.20. The van der Waals surface area contributed by atoms with Gasteiger partial charge in [0.15, 0.2) is 11.6 Å². The van der Waals surface area contributed by atoms with Crippen LogP contribution in [0.4, 0.5) is 5.82 Å². The molecule has 0 bridgehead atoms. The summed E-state index contributed by atoms with van der Waals surface area (Å²) in [5.74, 6) is -0.0638. The van der Waals surface area contributed by atoms with Crippen molar-refractivity contribution in [3.05, 3.63) is 17.8 Å². The maximum absolute atomic E-state index is 11.6. The molecular formula is C12H19N3O2. The smallest absolute Gasteiger partial charge is 0.227 e. The number of aromatic hydroxyl groups is 1. The van der Waals surface area contributed by atoms with Crippen molar-refractivity contribution in [2.24, 2.45) is 5.73 Å². The highest BCUT2D eigenvalue weighted by atomic mass is 16.3. The molecule has 1 aromatic rings. The standard InChI is InChI=1S/C12H19N3O2/c1-3-4-9(13)7-11(17)15-12-10(16)6-5-8(2)14-12/h5-6,9,16H,3-4,7,13H2,1-2H3,(H,14,15,17). The summed E-state index contributed by atoms with van der Waals surface area (Å²) in [5, 5.41) is 12.1. The minimum absolute atomic E-state index is 0.0342. The Hall–Kier alpha value is -1.62. The number of hydrogen-bond donors (Lipinski definition) is 3. The summed E-state index contributed by atoms with van der Waals surface area (Å²) in [6, 6.07) is 3.03. The van der Waals surface area contributed by atoms with E-state index in [1.165, 1.54) is 6.07 Å². The normalized spacial score (nSPS) is 12.2. The number of nitrogens with two attached hydrogens (primary N) is 1. The van der Waals surface area contributed by atoms with Gasteiger partial charge in [-0.25, -0.2) is 4.98 Å². The van der Waals surface area contributed by atoms with Gasteiger partial charge < -0.3 is 16.2 Å². The summed E-state index contributed by atoms with van der Waals surface area (Å²) in [6.07, 6.45) is 1.99. The SMILES string of the molecule is CCCC(N)CC(=O)Nc1nc(C)ccc1O. The van der Waals surface area contributed by atoms with Crippen LogP contribution in [-0.2, 0) is 4.79 Å². The van der Waals surface area contributed by atoms with Gasteiger partial charge in [-0.2, -0.15) is 0 Å². The Bertz CT molecular complexity index is 393. The topological polar surface area (TPSA) is 88.2 Å². The van der Waals surface area contributed by atoms with E-state index < -0.39 is 0 Å². The third-order valence-electron chi connectivity index (χ3n) is 2.38. The fourth-order valence-electron chi connectivity index (χ4n) is 1.54. The number of nitrogens with zero attached hydrogens (tertiary/aromatic N) is 1. The molecule has 17 heavy (non-hydrogen) atoms. The summed E-state index contributed by atoms with van der Waals surface area (Å²) < 4.78 is 0. The lowest BCUT2D eigenvalue weighted by Crippen LogP contribution is -2.27. The van der Waals surface area contributed by atoms with Crippen LogP contribution in [0, 0.1) is 6.92 Å². The summed E-state index contributed by atoms with van der Waals surface area (Å²) in [6.45, 7) is 3.81. The van der Waals surface area contributed by atoms with Crippen molar-refractivity contribution in [1.82, 2.24) is 4.98 Å². The number of pyridine rings is 1. The zero-order valence-electron chi connectivity index (χ0n) is 10.2. The molecule has 94 valence electrons. The van der Waals surface area contributed by atoms with Crippen LogP contribution in [0.15, 0.2) is 12.1 Å². The number of aryl methyl sites for hydroxylation is 1. The largest absolute Gasteiger partial charge is 0.504 e. The van der Waals surface area contributed by atoms with Crippen LogP contribution in [0.1, 0.15) is 31.9 Å². The van der Waals surface area contributed by atoms with Crippen LogP contribution in [-0.4, -0.2) is 22.0 Å². The Balaban J connectivity index is 2.58. The lowest BCUT2D eigenvalue weighted by atomic mass is 10.1. The molecule has 0 aliphatic rings. The van der Waals surface area contributed by atoms with Crippen molar-refractivity contribution in [2.75, 3.05) is 5.32 Å². The van der Waals surface area contributed by atoms with Crippen molar-refractivity contribution in [2.45, 2.75) is 39.2 Å². The van der Waals surface area contributed by atoms with Gasteiger partial charge in [-0.3, -0.25) is 4.79 Å². The molecule has 0 aliphatic heterocycles. The monoisotopic (exact) mass is 237 g/mol. The van der Waals surface area contributed by atoms with E-state index in [1.807, 2.05) is 6.92 Å². The Kier molecular flexibility index (Phi) is 4.90. The van der Waals surface area contributed by atoms with Gasteiger partial charge in [0, 0.05) is 18.2 Å². The number of carbonyl (C=O) groups is 1. The van der Waals surface area contributed by atoms with Crippen LogP contribution in [0.25, 0.3) is 0 Å². The Morgan fingerprint density at radius 1 is 1.59 bits per heavy atom. The predicted molar refractivity (Wildman–Crippen MR) is 66.8 cm³/mol. The minimum atomic E-state index is -0.223. The lowest BCUT2D eigenvalue weighted by molar-refractivity contribution is -0.116. The average Bonchev–Trinajstić information content (AvgIpc) is 2.23. The van der Waals surface area contributed by atoms with E-state index in [0.717, 1.165) is 18.5 Å². The first kappa shape index (κ1) is 13.4. The fourth-order valence-corrected chi connectivity index (χ4v) is 1.54. The summed E-state index contributed by atoms with van der Waals surface area (Å²) in [4.78, 5) is 15.7. The van der Waals surface area contributed by atoms with E-state index in [-0.39, 0.29) is 29.9 Å². The van der Waals surface area contributed by atoms with Gasteiger partial charge in [-0.05, 0) is 25.5 Å². The molecule has 1 unspecified atom stereocenters. The number of aromatic nitrogens is 1. The minimum Gasteiger partial charge on any atom is -0.504 e. The zero-order chi connectivity index (χ0) is 12.8. The first-order chi connectivity index (χ1) is 8.02. The molecule has 0 spiro atoms. The Labute approximate surface area is 101 Å². The van der Waals surface area contributed by atoms with Crippen molar-refractivity contribution < 1.29 is 9.90 Å². The summed E-state index contributed by atoms with van der Waals surface area (Å²) >= 11 is 0. The fraction of sp³-hybridized carbons (Fsp3) is 0.500. The number of anilines is 1. The molecule has 0 aliphatic carbocycles. The molecule has 0 saturated heterocycles. The highest BCUT2D eigenvalue weighted by molar-refractivity contribution is 5.91. The molecule has 0 radical (unpaired) electrons. The average molecular weight is 237 g/mol. The third-order valence-corrected chi connectivity index (χ3v) is 2.38. The molecule has 0 aromatic carbocycles. The van der Waals surface area contributed by atoms with E-state index in [0.29, 0.717) is 0 Å². The van der Waals surface area contributed by atoms with Gasteiger partial charge >= 0.3 is 0 Å². The van der Waals surface area contributed by atoms with E-state index >= 15 is 0 Å². The maximum Gasteiger partial charge on any atom is 0.227 e. The third kappa shape index (κ3) is 4.40. The molecule has 1 atom stereocenters. The number of amides is 1. The molecule has 1 aromatic heterocycles. The van der Waals surface area contributed by atoms with Crippen molar-refractivity contribution in [3.8, 4) is 5.75 Å². The van der Waals surface area contributed by atoms with Crippen molar-refractivity contribution in [1.29, 1.82) is 0 Å². The molecule has 0 saturated carbocycles. The summed E-state index contributed by atoms with van der Waals surface area (Å²) in [7, 11) is 0. The predicted octanol–water partition coefficient (Wildman–Crippen LogP) is 1.55. The van der Waals surface area contributed by atoms with Crippen molar-refractivity contribution in [3.63, 3.8) is 0 Å². The van der Waals surface area contributed by atoms with Crippen LogP contribution in [0.2, 0.25) is 0 Å². The number of nitrogens with one attached hydrogen (secondary N) is 1. The van der Waals surface area contributed by atoms with E-state index in [9.17, 15) is 9.90 Å². The van der Waals surface area contributed by atoms with Crippen LogP contribution in [0.3, 0.4) is 0 Å². The summed E-state index contributed by atoms with van der Waals surface area (Å²) in [5.41, 5.74) is 6.50. The van der Waals surface area contributed by atoms with E-state index in [2.05, 4.69) is 10.3 Å². The van der Waals surface area contributed by atoms with Gasteiger partial charge in [-0.1, -0.05) is 13.3 Å². The van der Waals surface area contributed by atoms with Crippen LogP contribution < -0.4 is 11.1 Å².